The van der Waals surface area contributed by atoms with Gasteiger partial charge in [0.15, 0.2) is 11.8 Å². The first kappa shape index (κ1) is 22.7. The number of hydrogen-bond acceptors (Lipinski definition) is 8. The van der Waals surface area contributed by atoms with Crippen LogP contribution in [-0.4, -0.2) is 67.4 Å². The smallest absolute Gasteiger partial charge is 0.291 e. The SMILES string of the molecule is CN1C(=O)[C@@H](NC(=O)C2=NC(Cc3ccccc3)N=N2)COc2ccc(C#CC3(O)COC3)cc21. The summed E-state index contributed by atoms with van der Waals surface area (Å²) in [5.74, 6) is 5.17. The third kappa shape index (κ3) is 4.91. The second kappa shape index (κ2) is 9.29. The van der Waals surface area contributed by atoms with Crippen LogP contribution in [-0.2, 0) is 20.7 Å². The number of amidine groups is 1. The largest absolute Gasteiger partial charge is 0.489 e. The molecule has 0 spiro atoms. The molecule has 0 saturated carbocycles. The monoisotopic (exact) mass is 473 g/mol. The van der Waals surface area contributed by atoms with Crippen LogP contribution in [0.25, 0.3) is 0 Å². The Morgan fingerprint density at radius 3 is 2.80 bits per heavy atom. The summed E-state index contributed by atoms with van der Waals surface area (Å²) >= 11 is 0. The van der Waals surface area contributed by atoms with Crippen molar-refractivity contribution in [3.8, 4) is 17.6 Å². The van der Waals surface area contributed by atoms with E-state index in [0.29, 0.717) is 23.4 Å². The van der Waals surface area contributed by atoms with E-state index in [-0.39, 0.29) is 31.6 Å². The molecule has 2 aromatic carbocycles. The zero-order valence-electron chi connectivity index (χ0n) is 19.0. The van der Waals surface area contributed by atoms with Crippen molar-refractivity contribution in [2.24, 2.45) is 15.2 Å². The molecule has 0 bridgehead atoms. The highest BCUT2D eigenvalue weighted by Gasteiger charge is 2.34. The molecule has 0 radical (unpaired) electrons. The van der Waals surface area contributed by atoms with Crippen LogP contribution in [0.15, 0.2) is 63.8 Å². The van der Waals surface area contributed by atoms with E-state index in [0.717, 1.165) is 5.56 Å². The van der Waals surface area contributed by atoms with Gasteiger partial charge in [-0.15, -0.1) is 5.11 Å². The molecular formula is C25H23N5O5. The number of azo groups is 1. The molecular weight excluding hydrogens is 450 g/mol. The lowest BCUT2D eigenvalue weighted by atomic mass is 10.0. The summed E-state index contributed by atoms with van der Waals surface area (Å²) in [4.78, 5) is 31.5. The van der Waals surface area contributed by atoms with Gasteiger partial charge in [0.05, 0.1) is 18.9 Å². The summed E-state index contributed by atoms with van der Waals surface area (Å²) < 4.78 is 10.8. The van der Waals surface area contributed by atoms with Crippen molar-refractivity contribution in [2.45, 2.75) is 24.2 Å². The molecule has 2 N–H and O–H groups in total. The highest BCUT2D eigenvalue weighted by Crippen LogP contribution is 2.31. The molecule has 1 saturated heterocycles. The molecule has 3 aliphatic heterocycles. The summed E-state index contributed by atoms with van der Waals surface area (Å²) in [6.07, 6.45) is 0.0514. The minimum absolute atomic E-state index is 0.0537. The summed E-state index contributed by atoms with van der Waals surface area (Å²) in [5, 5.41) is 20.7. The standard InChI is InChI=1S/C25H23N5O5/c1-30-19-11-17(9-10-25(33)14-34-15-25)7-8-20(19)35-13-18(24(30)32)26-23(31)22-27-21(28-29-22)12-16-5-3-2-4-6-16/h2-8,11,18,21,33H,12-15H2,1H3,(H,26,31)/t18-,21?/m0/s1. The minimum Gasteiger partial charge on any atom is -0.489 e. The van der Waals surface area contributed by atoms with Gasteiger partial charge in [0, 0.05) is 19.0 Å². The number of nitrogens with one attached hydrogen (secondary N) is 1. The van der Waals surface area contributed by atoms with E-state index in [1.165, 1.54) is 4.90 Å². The first-order valence-electron chi connectivity index (χ1n) is 11.1. The van der Waals surface area contributed by atoms with Gasteiger partial charge in [0.2, 0.25) is 5.84 Å². The van der Waals surface area contributed by atoms with E-state index >= 15 is 0 Å². The molecule has 1 fully saturated rings. The van der Waals surface area contributed by atoms with E-state index in [1.54, 1.807) is 25.2 Å². The molecule has 0 aliphatic carbocycles. The summed E-state index contributed by atoms with van der Waals surface area (Å²) in [6.45, 7) is 0.291. The van der Waals surface area contributed by atoms with Crippen molar-refractivity contribution in [1.82, 2.24) is 5.32 Å². The average molecular weight is 473 g/mol. The molecule has 1 unspecified atom stereocenters. The zero-order chi connectivity index (χ0) is 24.4. The summed E-state index contributed by atoms with van der Waals surface area (Å²) in [7, 11) is 1.60. The predicted octanol–water partition coefficient (Wildman–Crippen LogP) is 1.07. The van der Waals surface area contributed by atoms with Gasteiger partial charge in [0.25, 0.3) is 11.8 Å². The number of aliphatic hydroxyl groups is 1. The number of aliphatic imine (C=N–C) groups is 1. The van der Waals surface area contributed by atoms with E-state index in [1.807, 2.05) is 30.3 Å². The first-order valence-corrected chi connectivity index (χ1v) is 11.1. The maximum absolute atomic E-state index is 13.1. The maximum atomic E-state index is 13.1. The van der Waals surface area contributed by atoms with Gasteiger partial charge in [-0.2, -0.15) is 5.11 Å². The van der Waals surface area contributed by atoms with Crippen molar-refractivity contribution >= 4 is 23.3 Å². The maximum Gasteiger partial charge on any atom is 0.291 e. The Morgan fingerprint density at radius 2 is 2.06 bits per heavy atom. The van der Waals surface area contributed by atoms with Gasteiger partial charge in [-0.1, -0.05) is 42.2 Å². The second-order valence-corrected chi connectivity index (χ2v) is 8.53. The van der Waals surface area contributed by atoms with Crippen molar-refractivity contribution in [3.05, 3.63) is 59.7 Å². The quantitative estimate of drug-likeness (QED) is 0.643. The number of rotatable bonds is 4. The van der Waals surface area contributed by atoms with Gasteiger partial charge in [-0.25, -0.2) is 4.99 Å². The van der Waals surface area contributed by atoms with Crippen LogP contribution in [0.5, 0.6) is 5.75 Å². The molecule has 2 atom stereocenters. The van der Waals surface area contributed by atoms with Crippen molar-refractivity contribution in [2.75, 3.05) is 31.8 Å². The Labute approximate surface area is 201 Å². The van der Waals surface area contributed by atoms with Crippen LogP contribution in [0, 0.1) is 11.8 Å². The Balaban J connectivity index is 1.25. The fraction of sp³-hybridized carbons (Fsp3) is 0.320. The molecule has 178 valence electrons. The highest BCUT2D eigenvalue weighted by atomic mass is 16.5. The fourth-order valence-electron chi connectivity index (χ4n) is 3.79. The lowest BCUT2D eigenvalue weighted by Gasteiger charge is -2.30. The van der Waals surface area contributed by atoms with Crippen LogP contribution in [0.3, 0.4) is 0 Å². The summed E-state index contributed by atoms with van der Waals surface area (Å²) in [5.41, 5.74) is 1.02. The number of nitrogens with zero attached hydrogens (tertiary/aromatic N) is 4. The van der Waals surface area contributed by atoms with E-state index < -0.39 is 23.7 Å². The van der Waals surface area contributed by atoms with Gasteiger partial charge in [0.1, 0.15) is 18.4 Å². The number of anilines is 1. The topological polar surface area (TPSA) is 125 Å². The Hall–Kier alpha value is -4.07. The molecule has 10 nitrogen and oxygen atoms in total. The van der Waals surface area contributed by atoms with Crippen LogP contribution < -0.4 is 15.0 Å². The average Bonchev–Trinajstić information content (AvgIpc) is 3.28. The Kier molecular flexibility index (Phi) is 6.03. The number of hydrogen-bond donors (Lipinski definition) is 2. The molecule has 10 heteroatoms. The van der Waals surface area contributed by atoms with Crippen LogP contribution >= 0.6 is 0 Å². The molecule has 3 aliphatic rings. The van der Waals surface area contributed by atoms with Crippen LogP contribution in [0.4, 0.5) is 5.69 Å². The molecule has 5 rings (SSSR count). The third-order valence-electron chi connectivity index (χ3n) is 5.80. The van der Waals surface area contributed by atoms with Crippen LogP contribution in [0.1, 0.15) is 11.1 Å². The molecule has 3 heterocycles. The number of amides is 2. The molecule has 0 aromatic heterocycles. The van der Waals surface area contributed by atoms with Gasteiger partial charge < -0.3 is 24.8 Å². The predicted molar refractivity (Wildman–Crippen MR) is 126 cm³/mol. The minimum atomic E-state index is -1.14. The van der Waals surface area contributed by atoms with Crippen molar-refractivity contribution in [1.29, 1.82) is 0 Å². The molecule has 35 heavy (non-hydrogen) atoms. The lowest BCUT2D eigenvalue weighted by Crippen LogP contribution is -2.50. The van der Waals surface area contributed by atoms with Crippen LogP contribution in [0.2, 0.25) is 0 Å². The second-order valence-electron chi connectivity index (χ2n) is 8.53. The number of likely N-dealkylation sites (N-methyl/N-ethyl adjacent to an activating group) is 1. The van der Waals surface area contributed by atoms with Gasteiger partial charge in [-0.05, 0) is 23.8 Å². The Bertz CT molecular complexity index is 1280. The first-order chi connectivity index (χ1) is 16.9. The zero-order valence-corrected chi connectivity index (χ0v) is 19.0. The summed E-state index contributed by atoms with van der Waals surface area (Å²) in [6, 6.07) is 13.9. The number of benzene rings is 2. The van der Waals surface area contributed by atoms with E-state index in [9.17, 15) is 14.7 Å². The lowest BCUT2D eigenvalue weighted by molar-refractivity contribution is -0.140. The Morgan fingerprint density at radius 1 is 1.26 bits per heavy atom. The number of carbonyl (C=O) groups is 2. The van der Waals surface area contributed by atoms with Gasteiger partial charge in [-0.3, -0.25) is 9.59 Å². The van der Waals surface area contributed by atoms with Crippen molar-refractivity contribution in [3.63, 3.8) is 0 Å². The fourth-order valence-corrected chi connectivity index (χ4v) is 3.79. The van der Waals surface area contributed by atoms with E-state index in [2.05, 4.69) is 32.4 Å². The number of fused-ring (bicyclic) bond motifs is 1. The number of carbonyl (C=O) groups excluding carboxylic acids is 2. The highest BCUT2D eigenvalue weighted by molar-refractivity contribution is 6.38. The molecule has 2 amide bonds. The molecule has 2 aromatic rings. The normalized spacial score (nSPS) is 22.1. The number of ether oxygens (including phenoxy) is 2. The van der Waals surface area contributed by atoms with E-state index in [4.69, 9.17) is 9.47 Å². The van der Waals surface area contributed by atoms with Crippen molar-refractivity contribution < 1.29 is 24.2 Å². The third-order valence-corrected chi connectivity index (χ3v) is 5.80. The van der Waals surface area contributed by atoms with Gasteiger partial charge >= 0.3 is 0 Å².